The van der Waals surface area contributed by atoms with Crippen LogP contribution in [0.15, 0.2) is 69.4 Å². The SMILES string of the molecule is CC1C=C2C(C=C3C4=CC(Br)=NC4=Nc4ccccc4N32)CC1=O. The minimum absolute atomic E-state index is 0.0413. The molecule has 3 heterocycles. The van der Waals surface area contributed by atoms with E-state index in [1.165, 1.54) is 5.70 Å². The lowest BCUT2D eigenvalue weighted by molar-refractivity contribution is -0.121. The number of carbonyl (C=O) groups is 1. The zero-order valence-electron chi connectivity index (χ0n) is 13.0. The second-order valence-corrected chi connectivity index (χ2v) is 7.27. The highest BCUT2D eigenvalue weighted by Crippen LogP contribution is 2.48. The van der Waals surface area contributed by atoms with E-state index in [2.05, 4.69) is 44.0 Å². The lowest BCUT2D eigenvalue weighted by Gasteiger charge is -2.29. The van der Waals surface area contributed by atoms with Crippen LogP contribution in [0.4, 0.5) is 11.4 Å². The van der Waals surface area contributed by atoms with Gasteiger partial charge < -0.3 is 4.90 Å². The van der Waals surface area contributed by atoms with Crippen molar-refractivity contribution in [1.82, 2.24) is 0 Å². The van der Waals surface area contributed by atoms with E-state index in [-0.39, 0.29) is 11.8 Å². The van der Waals surface area contributed by atoms with E-state index in [1.54, 1.807) is 0 Å². The lowest BCUT2D eigenvalue weighted by atomic mass is 9.86. The number of para-hydroxylation sites is 2. The van der Waals surface area contributed by atoms with Crippen LogP contribution < -0.4 is 4.90 Å². The van der Waals surface area contributed by atoms with Crippen LogP contribution in [0.5, 0.6) is 0 Å². The quantitative estimate of drug-likeness (QED) is 0.675. The minimum atomic E-state index is -0.0413. The number of aliphatic imine (C=N–C) groups is 2. The van der Waals surface area contributed by atoms with Crippen molar-refractivity contribution in [3.8, 4) is 0 Å². The van der Waals surface area contributed by atoms with Crippen LogP contribution >= 0.6 is 15.9 Å². The van der Waals surface area contributed by atoms with Crippen molar-refractivity contribution in [2.24, 2.45) is 21.8 Å². The van der Waals surface area contributed by atoms with Crippen LogP contribution in [0.2, 0.25) is 0 Å². The Morgan fingerprint density at radius 1 is 1.21 bits per heavy atom. The number of nitrogens with zero attached hydrogens (tertiary/aromatic N) is 3. The van der Waals surface area contributed by atoms with Crippen molar-refractivity contribution in [2.45, 2.75) is 13.3 Å². The number of carbonyl (C=O) groups excluding carboxylic acids is 1. The minimum Gasteiger partial charge on any atom is -0.311 e. The summed E-state index contributed by atoms with van der Waals surface area (Å²) in [4.78, 5) is 23.7. The van der Waals surface area contributed by atoms with Gasteiger partial charge in [0.25, 0.3) is 0 Å². The molecule has 5 heteroatoms. The molecule has 1 aromatic carbocycles. The molecule has 4 nitrogen and oxygen atoms in total. The number of benzene rings is 1. The zero-order valence-corrected chi connectivity index (χ0v) is 14.6. The summed E-state index contributed by atoms with van der Waals surface area (Å²) < 4.78 is 0.782. The third-order valence-corrected chi connectivity index (χ3v) is 5.34. The molecular weight excluding hydrogens is 366 g/mol. The molecule has 1 aliphatic carbocycles. The van der Waals surface area contributed by atoms with E-state index in [0.717, 1.165) is 33.1 Å². The Bertz CT molecular complexity index is 951. The fourth-order valence-corrected chi connectivity index (χ4v) is 4.16. The Morgan fingerprint density at radius 3 is 2.92 bits per heavy atom. The van der Waals surface area contributed by atoms with E-state index < -0.39 is 0 Å². The third-order valence-electron chi connectivity index (χ3n) is 4.93. The molecule has 4 aliphatic rings. The van der Waals surface area contributed by atoms with E-state index in [4.69, 9.17) is 4.99 Å². The third kappa shape index (κ3) is 1.88. The largest absolute Gasteiger partial charge is 0.311 e. The lowest BCUT2D eigenvalue weighted by Crippen LogP contribution is -2.27. The van der Waals surface area contributed by atoms with Gasteiger partial charge in [0.2, 0.25) is 0 Å². The van der Waals surface area contributed by atoms with Gasteiger partial charge >= 0.3 is 0 Å². The molecule has 0 aromatic heterocycles. The summed E-state index contributed by atoms with van der Waals surface area (Å²) in [7, 11) is 0. The molecule has 1 aromatic rings. The summed E-state index contributed by atoms with van der Waals surface area (Å²) in [5, 5.41) is 0. The van der Waals surface area contributed by atoms with Crippen molar-refractivity contribution in [1.29, 1.82) is 0 Å². The van der Waals surface area contributed by atoms with Gasteiger partial charge in [0.05, 0.1) is 17.1 Å². The summed E-state index contributed by atoms with van der Waals surface area (Å²) in [5.41, 5.74) is 5.22. The monoisotopic (exact) mass is 379 g/mol. The number of allylic oxidation sites excluding steroid dienone is 3. The molecule has 0 saturated carbocycles. The first-order chi connectivity index (χ1) is 11.6. The van der Waals surface area contributed by atoms with Crippen LogP contribution in [0, 0.1) is 11.8 Å². The van der Waals surface area contributed by atoms with Gasteiger partial charge in [0.15, 0.2) is 5.84 Å². The number of Topliss-reactive ketones (excluding diaryl/α,β-unsaturated/α-hetero) is 1. The average molecular weight is 380 g/mol. The number of amidine groups is 1. The van der Waals surface area contributed by atoms with E-state index in [0.29, 0.717) is 12.2 Å². The molecule has 5 rings (SSSR count). The van der Waals surface area contributed by atoms with E-state index >= 15 is 0 Å². The normalized spacial score (nSPS) is 27.0. The molecule has 3 aliphatic heterocycles. The molecular formula is C19H14BrN3O. The van der Waals surface area contributed by atoms with Gasteiger partial charge in [0, 0.05) is 29.5 Å². The second kappa shape index (κ2) is 4.86. The number of fused-ring (bicyclic) bond motifs is 7. The molecule has 0 spiro atoms. The molecule has 0 radical (unpaired) electrons. The zero-order chi connectivity index (χ0) is 16.4. The Labute approximate surface area is 148 Å². The Morgan fingerprint density at radius 2 is 2.04 bits per heavy atom. The van der Waals surface area contributed by atoms with Crippen LogP contribution in [0.3, 0.4) is 0 Å². The Hall–Kier alpha value is -2.27. The first-order valence-electron chi connectivity index (χ1n) is 8.02. The van der Waals surface area contributed by atoms with Gasteiger partial charge in [-0.15, -0.1) is 0 Å². The van der Waals surface area contributed by atoms with E-state index in [1.807, 2.05) is 31.2 Å². The Kier molecular flexibility index (Phi) is 2.86. The fraction of sp³-hybridized carbons (Fsp3) is 0.211. The molecule has 118 valence electrons. The molecule has 0 amide bonds. The Balaban J connectivity index is 1.78. The van der Waals surface area contributed by atoms with Crippen LogP contribution in [-0.2, 0) is 4.79 Å². The predicted molar refractivity (Wildman–Crippen MR) is 98.9 cm³/mol. The highest BCUT2D eigenvalue weighted by molar-refractivity contribution is 9.18. The van der Waals surface area contributed by atoms with Crippen molar-refractivity contribution < 1.29 is 4.79 Å². The molecule has 0 bridgehead atoms. The highest BCUT2D eigenvalue weighted by Gasteiger charge is 2.40. The predicted octanol–water partition coefficient (Wildman–Crippen LogP) is 4.28. The summed E-state index contributed by atoms with van der Waals surface area (Å²) in [5.74, 6) is 1.12. The van der Waals surface area contributed by atoms with Gasteiger partial charge in [-0.05, 0) is 34.1 Å². The average Bonchev–Trinajstić information content (AvgIpc) is 3.05. The first-order valence-corrected chi connectivity index (χ1v) is 8.82. The number of hydrogen-bond acceptors (Lipinski definition) is 4. The van der Waals surface area contributed by atoms with Crippen molar-refractivity contribution in [2.75, 3.05) is 4.90 Å². The van der Waals surface area contributed by atoms with Gasteiger partial charge in [-0.2, -0.15) is 0 Å². The fourth-order valence-electron chi connectivity index (χ4n) is 3.76. The number of rotatable bonds is 0. The summed E-state index contributed by atoms with van der Waals surface area (Å²) in [6.45, 7) is 1.98. The van der Waals surface area contributed by atoms with Gasteiger partial charge in [-0.1, -0.05) is 31.2 Å². The standard InChI is InChI=1S/C19H14BrN3O/c1-10-6-15-11(8-17(10)24)7-16-12-9-18(20)22-19(12)21-13-4-2-3-5-14(13)23(15)16/h2-7,9-11H,8H2,1H3. The molecule has 0 saturated heterocycles. The van der Waals surface area contributed by atoms with Crippen LogP contribution in [0.1, 0.15) is 13.3 Å². The number of anilines is 1. The number of ketones is 1. The molecule has 24 heavy (non-hydrogen) atoms. The van der Waals surface area contributed by atoms with Gasteiger partial charge in [-0.25, -0.2) is 9.98 Å². The summed E-state index contributed by atoms with van der Waals surface area (Å²) in [6, 6.07) is 8.11. The molecule has 0 fully saturated rings. The number of hydrogen-bond donors (Lipinski definition) is 0. The van der Waals surface area contributed by atoms with Crippen LogP contribution in [0.25, 0.3) is 0 Å². The first kappa shape index (κ1) is 14.1. The van der Waals surface area contributed by atoms with Crippen molar-refractivity contribution >= 4 is 43.5 Å². The summed E-state index contributed by atoms with van der Waals surface area (Å²) >= 11 is 3.47. The summed E-state index contributed by atoms with van der Waals surface area (Å²) in [6.07, 6.45) is 6.87. The maximum absolute atomic E-state index is 12.2. The molecule has 2 unspecified atom stereocenters. The maximum Gasteiger partial charge on any atom is 0.163 e. The smallest absolute Gasteiger partial charge is 0.163 e. The van der Waals surface area contributed by atoms with Crippen molar-refractivity contribution in [3.63, 3.8) is 0 Å². The highest BCUT2D eigenvalue weighted by atomic mass is 79.9. The van der Waals surface area contributed by atoms with Crippen LogP contribution in [-0.4, -0.2) is 16.2 Å². The molecule has 0 N–H and O–H groups in total. The molecule has 2 atom stereocenters. The van der Waals surface area contributed by atoms with Crippen molar-refractivity contribution in [3.05, 3.63) is 59.5 Å². The number of halogens is 1. The second-order valence-electron chi connectivity index (χ2n) is 6.46. The topological polar surface area (TPSA) is 45.0 Å². The van der Waals surface area contributed by atoms with E-state index in [9.17, 15) is 4.79 Å². The van der Waals surface area contributed by atoms with Gasteiger partial charge in [0.1, 0.15) is 10.4 Å². The maximum atomic E-state index is 12.2. The van der Waals surface area contributed by atoms with Gasteiger partial charge in [-0.3, -0.25) is 4.79 Å².